The third-order valence-electron chi connectivity index (χ3n) is 6.72. The molecule has 0 aliphatic carbocycles. The number of ether oxygens (including phenoxy) is 1. The van der Waals surface area contributed by atoms with E-state index in [4.69, 9.17) is 9.72 Å². The van der Waals surface area contributed by atoms with E-state index in [9.17, 15) is 9.90 Å². The second-order valence-electron chi connectivity index (χ2n) is 8.96. The number of methoxy groups -OCH3 is 1. The Morgan fingerprint density at radius 3 is 2.43 bits per heavy atom. The first-order valence-corrected chi connectivity index (χ1v) is 11.9. The van der Waals surface area contributed by atoms with E-state index in [1.165, 1.54) is 11.3 Å². The lowest BCUT2D eigenvalue weighted by Gasteiger charge is -2.36. The van der Waals surface area contributed by atoms with E-state index in [-0.39, 0.29) is 11.7 Å². The molecule has 0 amide bonds. The van der Waals surface area contributed by atoms with E-state index in [2.05, 4.69) is 69.0 Å². The SMILES string of the molecule is COC(C)c1nc2cc(C(=O)O)ccc2n1-c1cccc(N2CCN(Cc3ccccc3)CC2)c1. The van der Waals surface area contributed by atoms with Crippen LogP contribution in [0.5, 0.6) is 0 Å². The number of imidazole rings is 1. The zero-order valence-corrected chi connectivity index (χ0v) is 20.1. The predicted molar refractivity (Wildman–Crippen MR) is 137 cm³/mol. The minimum atomic E-state index is -0.962. The van der Waals surface area contributed by atoms with Crippen LogP contribution in [0.4, 0.5) is 5.69 Å². The predicted octanol–water partition coefficient (Wildman–Crippen LogP) is 4.75. The lowest BCUT2D eigenvalue weighted by atomic mass is 10.1. The van der Waals surface area contributed by atoms with Gasteiger partial charge < -0.3 is 14.7 Å². The first-order valence-electron chi connectivity index (χ1n) is 11.9. The molecule has 1 fully saturated rings. The number of aromatic carboxylic acids is 1. The van der Waals surface area contributed by atoms with Crippen molar-refractivity contribution in [3.63, 3.8) is 0 Å². The summed E-state index contributed by atoms with van der Waals surface area (Å²) < 4.78 is 7.67. The summed E-state index contributed by atoms with van der Waals surface area (Å²) >= 11 is 0. The lowest BCUT2D eigenvalue weighted by Crippen LogP contribution is -2.46. The quantitative estimate of drug-likeness (QED) is 0.420. The zero-order valence-electron chi connectivity index (χ0n) is 20.1. The number of rotatable bonds is 7. The largest absolute Gasteiger partial charge is 0.478 e. The number of fused-ring (bicyclic) bond motifs is 1. The summed E-state index contributed by atoms with van der Waals surface area (Å²) in [6.07, 6.45) is -0.249. The molecule has 5 rings (SSSR count). The Labute approximate surface area is 205 Å². The molecule has 1 N–H and O–H groups in total. The summed E-state index contributed by atoms with van der Waals surface area (Å²) in [5.74, 6) is -0.217. The average Bonchev–Trinajstić information content (AvgIpc) is 3.28. The molecule has 0 bridgehead atoms. The molecule has 3 aromatic carbocycles. The van der Waals surface area contributed by atoms with Gasteiger partial charge in [-0.25, -0.2) is 9.78 Å². The fourth-order valence-electron chi connectivity index (χ4n) is 4.72. The highest BCUT2D eigenvalue weighted by Crippen LogP contribution is 2.29. The Morgan fingerprint density at radius 1 is 0.971 bits per heavy atom. The normalized spacial score (nSPS) is 15.4. The Bertz CT molecular complexity index is 1330. The molecule has 0 spiro atoms. The van der Waals surface area contributed by atoms with Crippen molar-refractivity contribution in [2.24, 2.45) is 0 Å². The number of carbonyl (C=O) groups is 1. The number of nitrogens with zero attached hydrogens (tertiary/aromatic N) is 4. The molecule has 7 nitrogen and oxygen atoms in total. The number of carboxylic acids is 1. The number of hydrogen-bond donors (Lipinski definition) is 1. The summed E-state index contributed by atoms with van der Waals surface area (Å²) in [5, 5.41) is 9.41. The van der Waals surface area contributed by atoms with Crippen molar-refractivity contribution in [3.8, 4) is 5.69 Å². The summed E-state index contributed by atoms with van der Waals surface area (Å²) in [5.41, 5.74) is 5.23. The van der Waals surface area contributed by atoms with Crippen LogP contribution >= 0.6 is 0 Å². The molecule has 2 heterocycles. The maximum Gasteiger partial charge on any atom is 0.335 e. The second kappa shape index (κ2) is 9.90. The molecule has 1 saturated heterocycles. The van der Waals surface area contributed by atoms with Crippen molar-refractivity contribution in [2.75, 3.05) is 38.2 Å². The first-order chi connectivity index (χ1) is 17.0. The van der Waals surface area contributed by atoms with Gasteiger partial charge in [-0.2, -0.15) is 0 Å². The van der Waals surface area contributed by atoms with E-state index >= 15 is 0 Å². The smallest absolute Gasteiger partial charge is 0.335 e. The molecule has 0 saturated carbocycles. The van der Waals surface area contributed by atoms with Crippen molar-refractivity contribution in [1.82, 2.24) is 14.5 Å². The number of aromatic nitrogens is 2. The van der Waals surface area contributed by atoms with Crippen molar-refractivity contribution in [2.45, 2.75) is 19.6 Å². The van der Waals surface area contributed by atoms with Gasteiger partial charge in [-0.1, -0.05) is 36.4 Å². The van der Waals surface area contributed by atoms with Crippen molar-refractivity contribution >= 4 is 22.7 Å². The third kappa shape index (κ3) is 4.78. The monoisotopic (exact) mass is 470 g/mol. The van der Waals surface area contributed by atoms with Gasteiger partial charge in [0, 0.05) is 51.2 Å². The van der Waals surface area contributed by atoms with Crippen LogP contribution in [0.25, 0.3) is 16.7 Å². The number of carboxylic acid groups (broad SMARTS) is 1. The van der Waals surface area contributed by atoms with E-state index in [0.29, 0.717) is 5.52 Å². The van der Waals surface area contributed by atoms with Crippen LogP contribution in [-0.4, -0.2) is 58.8 Å². The van der Waals surface area contributed by atoms with Crippen molar-refractivity contribution in [3.05, 3.63) is 89.7 Å². The van der Waals surface area contributed by atoms with Crippen LogP contribution in [0.15, 0.2) is 72.8 Å². The lowest BCUT2D eigenvalue weighted by molar-refractivity contribution is 0.0697. The Morgan fingerprint density at radius 2 is 1.71 bits per heavy atom. The molecule has 4 aromatic rings. The molecule has 1 atom stereocenters. The highest BCUT2D eigenvalue weighted by Gasteiger charge is 2.21. The summed E-state index contributed by atoms with van der Waals surface area (Å²) in [6.45, 7) is 6.88. The molecule has 1 aromatic heterocycles. The van der Waals surface area contributed by atoms with E-state index in [0.717, 1.165) is 49.8 Å². The van der Waals surface area contributed by atoms with Crippen molar-refractivity contribution < 1.29 is 14.6 Å². The summed E-state index contributed by atoms with van der Waals surface area (Å²) in [4.78, 5) is 21.1. The molecule has 7 heteroatoms. The zero-order chi connectivity index (χ0) is 24.4. The number of piperazine rings is 1. The summed E-state index contributed by atoms with van der Waals surface area (Å²) in [7, 11) is 1.66. The van der Waals surface area contributed by atoms with Crippen LogP contribution in [-0.2, 0) is 11.3 Å². The molecular formula is C28H30N4O3. The van der Waals surface area contributed by atoms with Gasteiger partial charge in [-0.3, -0.25) is 9.47 Å². The minimum Gasteiger partial charge on any atom is -0.478 e. The minimum absolute atomic E-state index is 0.223. The number of benzene rings is 3. The van der Waals surface area contributed by atoms with Gasteiger partial charge in [0.15, 0.2) is 0 Å². The maximum atomic E-state index is 11.5. The molecule has 180 valence electrons. The van der Waals surface area contributed by atoms with Gasteiger partial charge in [0.25, 0.3) is 0 Å². The fourth-order valence-corrected chi connectivity index (χ4v) is 4.72. The van der Waals surface area contributed by atoms with Crippen LogP contribution in [0.1, 0.15) is 34.8 Å². The second-order valence-corrected chi connectivity index (χ2v) is 8.96. The highest BCUT2D eigenvalue weighted by molar-refractivity contribution is 5.93. The van der Waals surface area contributed by atoms with E-state index < -0.39 is 5.97 Å². The average molecular weight is 471 g/mol. The first kappa shape index (κ1) is 23.1. The van der Waals surface area contributed by atoms with Gasteiger partial charge in [0.1, 0.15) is 11.9 Å². The van der Waals surface area contributed by atoms with Gasteiger partial charge in [-0.05, 0) is 48.9 Å². The fraction of sp³-hybridized carbons (Fsp3) is 0.286. The van der Waals surface area contributed by atoms with Gasteiger partial charge in [-0.15, -0.1) is 0 Å². The van der Waals surface area contributed by atoms with E-state index in [1.54, 1.807) is 19.2 Å². The van der Waals surface area contributed by atoms with Crippen LogP contribution in [0, 0.1) is 0 Å². The highest BCUT2D eigenvalue weighted by atomic mass is 16.5. The molecule has 35 heavy (non-hydrogen) atoms. The topological polar surface area (TPSA) is 70.8 Å². The van der Waals surface area contributed by atoms with E-state index in [1.807, 2.05) is 13.0 Å². The Hall–Kier alpha value is -3.68. The molecular weight excluding hydrogens is 440 g/mol. The number of anilines is 1. The van der Waals surface area contributed by atoms with Crippen LogP contribution < -0.4 is 4.90 Å². The molecule has 1 aliphatic rings. The molecule has 1 aliphatic heterocycles. The maximum absolute atomic E-state index is 11.5. The van der Waals surface area contributed by atoms with Crippen LogP contribution in [0.2, 0.25) is 0 Å². The standard InChI is InChI=1S/C28H30N4O3/c1-20(35-2)27-29-25-17-22(28(33)34)11-12-26(25)32(27)24-10-6-9-23(18-24)31-15-13-30(14-16-31)19-21-7-4-3-5-8-21/h3-12,17-18,20H,13-16,19H2,1-2H3,(H,33,34). The third-order valence-corrected chi connectivity index (χ3v) is 6.72. The number of hydrogen-bond acceptors (Lipinski definition) is 5. The summed E-state index contributed by atoms with van der Waals surface area (Å²) in [6, 6.07) is 24.2. The Balaban J connectivity index is 1.42. The molecule has 1 unspecified atom stereocenters. The van der Waals surface area contributed by atoms with Crippen LogP contribution in [0.3, 0.4) is 0 Å². The van der Waals surface area contributed by atoms with Crippen molar-refractivity contribution in [1.29, 1.82) is 0 Å². The van der Waals surface area contributed by atoms with Gasteiger partial charge in [0.2, 0.25) is 0 Å². The molecule has 0 radical (unpaired) electrons. The Kier molecular flexibility index (Phi) is 6.53. The van der Waals surface area contributed by atoms with Gasteiger partial charge >= 0.3 is 5.97 Å². The van der Waals surface area contributed by atoms with Gasteiger partial charge in [0.05, 0.1) is 16.6 Å².